The van der Waals surface area contributed by atoms with Crippen LogP contribution in [-0.4, -0.2) is 42.7 Å². The normalized spacial score (nSPS) is 16.7. The van der Waals surface area contributed by atoms with Crippen molar-refractivity contribution in [3.8, 4) is 5.75 Å². The van der Waals surface area contributed by atoms with E-state index in [4.69, 9.17) is 21.1 Å². The molecule has 1 aromatic rings. The lowest BCUT2D eigenvalue weighted by molar-refractivity contribution is -0.122. The van der Waals surface area contributed by atoms with Crippen molar-refractivity contribution in [2.24, 2.45) is 0 Å². The van der Waals surface area contributed by atoms with Crippen molar-refractivity contribution in [1.82, 2.24) is 10.2 Å². The molecule has 1 atom stereocenters. The minimum atomic E-state index is -0.620. The maximum atomic E-state index is 13.3. The van der Waals surface area contributed by atoms with Crippen molar-refractivity contribution >= 4 is 23.6 Å². The van der Waals surface area contributed by atoms with E-state index in [-0.39, 0.29) is 29.6 Å². The van der Waals surface area contributed by atoms with Crippen LogP contribution in [0.3, 0.4) is 0 Å². The fourth-order valence-electron chi connectivity index (χ4n) is 2.13. The van der Waals surface area contributed by atoms with Crippen LogP contribution in [0.1, 0.15) is 13.3 Å². The highest BCUT2D eigenvalue weighted by Gasteiger charge is 2.27. The third-order valence-electron chi connectivity index (χ3n) is 3.30. The highest BCUT2D eigenvalue weighted by Crippen LogP contribution is 2.20. The molecule has 2 rings (SSSR count). The summed E-state index contributed by atoms with van der Waals surface area (Å²) in [5.41, 5.74) is 0.457. The first kappa shape index (κ1) is 18.1. The molecule has 24 heavy (non-hydrogen) atoms. The predicted molar refractivity (Wildman–Crippen MR) is 86.3 cm³/mol. The molecule has 2 amide bonds. The average Bonchev–Trinajstić information content (AvgIpc) is 2.84. The Hall–Kier alpha value is -2.28. The van der Waals surface area contributed by atoms with E-state index in [2.05, 4.69) is 11.9 Å². The number of carbonyl (C=O) groups is 2. The minimum absolute atomic E-state index is 0.0186. The van der Waals surface area contributed by atoms with E-state index in [1.165, 1.54) is 12.1 Å². The fraction of sp³-hybridized carbons (Fsp3) is 0.375. The van der Waals surface area contributed by atoms with E-state index in [0.717, 1.165) is 6.07 Å². The Kier molecular flexibility index (Phi) is 6.03. The molecule has 1 heterocycles. The first-order chi connectivity index (χ1) is 11.3. The number of halogens is 2. The van der Waals surface area contributed by atoms with Crippen molar-refractivity contribution in [2.75, 3.05) is 19.7 Å². The molecular weight excluding hydrogens is 339 g/mol. The molecule has 1 aromatic carbocycles. The van der Waals surface area contributed by atoms with Gasteiger partial charge in [-0.15, -0.1) is 0 Å². The van der Waals surface area contributed by atoms with E-state index >= 15 is 0 Å². The zero-order valence-corrected chi connectivity index (χ0v) is 13.9. The van der Waals surface area contributed by atoms with Crippen LogP contribution >= 0.6 is 11.6 Å². The third-order valence-corrected chi connectivity index (χ3v) is 3.60. The van der Waals surface area contributed by atoms with Crippen LogP contribution in [-0.2, 0) is 9.53 Å². The van der Waals surface area contributed by atoms with Crippen molar-refractivity contribution in [2.45, 2.75) is 19.4 Å². The van der Waals surface area contributed by atoms with Crippen LogP contribution in [0.15, 0.2) is 30.5 Å². The van der Waals surface area contributed by atoms with Gasteiger partial charge in [0.05, 0.1) is 11.6 Å². The number of rotatable bonds is 7. The lowest BCUT2D eigenvalue weighted by atomic mass is 10.3. The maximum Gasteiger partial charge on any atom is 0.410 e. The molecule has 0 radical (unpaired) electrons. The van der Waals surface area contributed by atoms with E-state index < -0.39 is 11.7 Å². The Bertz CT molecular complexity index is 653. The Labute approximate surface area is 144 Å². The highest BCUT2D eigenvalue weighted by molar-refractivity contribution is 6.30. The van der Waals surface area contributed by atoms with Crippen molar-refractivity contribution in [3.63, 3.8) is 0 Å². The van der Waals surface area contributed by atoms with Crippen LogP contribution in [0.4, 0.5) is 9.18 Å². The monoisotopic (exact) mass is 356 g/mol. The molecule has 0 bridgehead atoms. The molecule has 1 fully saturated rings. The Balaban J connectivity index is 1.70. The summed E-state index contributed by atoms with van der Waals surface area (Å²) >= 11 is 5.56. The van der Waals surface area contributed by atoms with Gasteiger partial charge in [-0.25, -0.2) is 9.18 Å². The molecule has 0 spiro atoms. The van der Waals surface area contributed by atoms with Gasteiger partial charge in [0.1, 0.15) is 17.7 Å². The minimum Gasteiger partial charge on any atom is -0.484 e. The van der Waals surface area contributed by atoms with Gasteiger partial charge in [-0.1, -0.05) is 18.2 Å². The lowest BCUT2D eigenvalue weighted by Gasteiger charge is -2.14. The van der Waals surface area contributed by atoms with Gasteiger partial charge in [0.2, 0.25) is 0 Å². The van der Waals surface area contributed by atoms with Crippen LogP contribution in [0.25, 0.3) is 0 Å². The van der Waals surface area contributed by atoms with Crippen molar-refractivity contribution in [3.05, 3.63) is 41.3 Å². The summed E-state index contributed by atoms with van der Waals surface area (Å²) < 4.78 is 23.4. The molecule has 6 nitrogen and oxygen atoms in total. The average molecular weight is 357 g/mol. The van der Waals surface area contributed by atoms with Crippen LogP contribution in [0, 0.1) is 5.82 Å². The first-order valence-electron chi connectivity index (χ1n) is 7.36. The van der Waals surface area contributed by atoms with Gasteiger partial charge < -0.3 is 19.7 Å². The number of nitrogens with zero attached hydrogens (tertiary/aromatic N) is 1. The number of amides is 2. The first-order valence-corrected chi connectivity index (χ1v) is 7.74. The number of ether oxygens (including phenoxy) is 2. The van der Waals surface area contributed by atoms with E-state index in [1.807, 2.05) is 6.92 Å². The molecular formula is C16H18ClFN2O4. The Morgan fingerprint density at radius 2 is 2.33 bits per heavy atom. The quantitative estimate of drug-likeness (QED) is 0.815. The maximum absolute atomic E-state index is 13.3. The second-order valence-electron chi connectivity index (χ2n) is 5.41. The Morgan fingerprint density at radius 1 is 1.58 bits per heavy atom. The topological polar surface area (TPSA) is 67.9 Å². The van der Waals surface area contributed by atoms with Crippen LogP contribution < -0.4 is 10.1 Å². The number of carbonyl (C=O) groups excluding carboxylic acids is 2. The molecule has 1 N–H and O–H groups in total. The van der Waals surface area contributed by atoms with Crippen molar-refractivity contribution in [1.29, 1.82) is 0 Å². The summed E-state index contributed by atoms with van der Waals surface area (Å²) in [5.74, 6) is -0.843. The number of cyclic esters (lactones) is 1. The summed E-state index contributed by atoms with van der Waals surface area (Å²) in [6.07, 6.45) is -0.0911. The number of hydrogen-bond acceptors (Lipinski definition) is 4. The SMILES string of the molecule is C=C(CCN1C[C@@H](C)OC1=O)NC(=O)COc1ccc(Cl)c(F)c1. The molecule has 0 aromatic heterocycles. The number of benzene rings is 1. The summed E-state index contributed by atoms with van der Waals surface area (Å²) in [7, 11) is 0. The van der Waals surface area contributed by atoms with E-state index in [9.17, 15) is 14.0 Å². The molecule has 8 heteroatoms. The highest BCUT2D eigenvalue weighted by atomic mass is 35.5. The molecule has 1 aliphatic rings. The molecule has 1 aliphatic heterocycles. The zero-order chi connectivity index (χ0) is 17.7. The standard InChI is InChI=1S/C16H18ClFN2O4/c1-10(5-6-20-8-11(2)24-16(20)22)19-15(21)9-23-12-3-4-13(17)14(18)7-12/h3-4,7,11H,1,5-6,8-9H2,2H3,(H,19,21)/t11-/m1/s1. The third kappa shape index (κ3) is 5.13. The summed E-state index contributed by atoms with van der Waals surface area (Å²) in [6, 6.07) is 3.91. The molecule has 1 saturated heterocycles. The second-order valence-corrected chi connectivity index (χ2v) is 5.81. The van der Waals surface area contributed by atoms with Gasteiger partial charge in [-0.2, -0.15) is 0 Å². The smallest absolute Gasteiger partial charge is 0.410 e. The van der Waals surface area contributed by atoms with Gasteiger partial charge in [0.25, 0.3) is 5.91 Å². The predicted octanol–water partition coefficient (Wildman–Crippen LogP) is 2.72. The second kappa shape index (κ2) is 8.01. The van der Waals surface area contributed by atoms with E-state index in [1.54, 1.807) is 4.90 Å². The molecule has 130 valence electrons. The summed E-state index contributed by atoms with van der Waals surface area (Å²) in [4.78, 5) is 24.8. The Morgan fingerprint density at radius 3 is 2.96 bits per heavy atom. The van der Waals surface area contributed by atoms with Gasteiger partial charge in [0, 0.05) is 24.7 Å². The van der Waals surface area contributed by atoms with Crippen LogP contribution in [0.5, 0.6) is 5.75 Å². The fourth-order valence-corrected chi connectivity index (χ4v) is 2.25. The van der Waals surface area contributed by atoms with E-state index in [0.29, 0.717) is 25.2 Å². The van der Waals surface area contributed by atoms with Gasteiger partial charge in [-0.3, -0.25) is 4.79 Å². The lowest BCUT2D eigenvalue weighted by Crippen LogP contribution is -2.31. The van der Waals surface area contributed by atoms with Crippen LogP contribution in [0.2, 0.25) is 5.02 Å². The summed E-state index contributed by atoms with van der Waals surface area (Å²) in [6.45, 7) is 6.19. The summed E-state index contributed by atoms with van der Waals surface area (Å²) in [5, 5.41) is 2.55. The van der Waals surface area contributed by atoms with Crippen molar-refractivity contribution < 1.29 is 23.5 Å². The molecule has 0 saturated carbocycles. The van der Waals surface area contributed by atoms with Gasteiger partial charge in [-0.05, 0) is 19.1 Å². The largest absolute Gasteiger partial charge is 0.484 e. The number of hydrogen-bond donors (Lipinski definition) is 1. The number of nitrogens with one attached hydrogen (secondary N) is 1. The zero-order valence-electron chi connectivity index (χ0n) is 13.2. The molecule has 0 aliphatic carbocycles. The van der Waals surface area contributed by atoms with Gasteiger partial charge in [0.15, 0.2) is 6.61 Å². The van der Waals surface area contributed by atoms with Gasteiger partial charge >= 0.3 is 6.09 Å². The molecule has 0 unspecified atom stereocenters.